The fourth-order valence-electron chi connectivity index (χ4n) is 4.73. The molecule has 0 aliphatic carbocycles. The highest BCUT2D eigenvalue weighted by Gasteiger charge is 2.34. The maximum absolute atomic E-state index is 13.4. The van der Waals surface area contributed by atoms with Gasteiger partial charge in [0, 0.05) is 45.5 Å². The van der Waals surface area contributed by atoms with Crippen molar-refractivity contribution in [3.8, 4) is 6.07 Å². The number of hydrogen-bond acceptors (Lipinski definition) is 9. The van der Waals surface area contributed by atoms with E-state index in [2.05, 4.69) is 6.07 Å². The second-order valence-corrected chi connectivity index (χ2v) is 10.7. The molecular weight excluding hydrogens is 512 g/mol. The third-order valence-electron chi connectivity index (χ3n) is 6.51. The second-order valence-electron chi connectivity index (χ2n) is 9.02. The van der Waals surface area contributed by atoms with E-state index in [-0.39, 0.29) is 28.9 Å². The van der Waals surface area contributed by atoms with Crippen LogP contribution in [0.1, 0.15) is 56.2 Å². The molecule has 1 amide bonds. The van der Waals surface area contributed by atoms with Gasteiger partial charge in [0.05, 0.1) is 17.4 Å². The highest BCUT2D eigenvalue weighted by atomic mass is 32.2. The minimum absolute atomic E-state index is 0.0537. The van der Waals surface area contributed by atoms with Gasteiger partial charge in [-0.05, 0) is 51.2 Å². The van der Waals surface area contributed by atoms with Crippen LogP contribution >= 0.6 is 24.0 Å². The Bertz CT molecular complexity index is 1190. The van der Waals surface area contributed by atoms with Crippen LogP contribution in [-0.4, -0.2) is 65.6 Å². The summed E-state index contributed by atoms with van der Waals surface area (Å²) in [5.74, 6) is -0.143. The fourth-order valence-corrected chi connectivity index (χ4v) is 6.02. The molecule has 11 heteroatoms. The van der Waals surface area contributed by atoms with Crippen LogP contribution in [0.3, 0.4) is 0 Å². The first kappa shape index (κ1) is 28.9. The summed E-state index contributed by atoms with van der Waals surface area (Å²) in [5.41, 5.74) is 0.835. The van der Waals surface area contributed by atoms with Crippen LogP contribution in [0.2, 0.25) is 0 Å². The lowest BCUT2D eigenvalue weighted by Crippen LogP contribution is -2.43. The number of methoxy groups -OCH3 is 1. The van der Waals surface area contributed by atoms with Gasteiger partial charge in [-0.2, -0.15) is 5.26 Å². The number of piperidine rings is 1. The number of pyridine rings is 1. The van der Waals surface area contributed by atoms with Crippen LogP contribution in [-0.2, 0) is 25.6 Å². The Labute approximate surface area is 227 Å². The number of nitriles is 1. The molecule has 9 nitrogen and oxygen atoms in total. The highest BCUT2D eigenvalue weighted by Crippen LogP contribution is 2.37. The molecule has 0 spiro atoms. The van der Waals surface area contributed by atoms with Gasteiger partial charge >= 0.3 is 5.97 Å². The van der Waals surface area contributed by atoms with Gasteiger partial charge in [0.25, 0.3) is 11.5 Å². The summed E-state index contributed by atoms with van der Waals surface area (Å²) in [6, 6.07) is 2.07. The topological polar surface area (TPSA) is 105 Å². The molecule has 0 bridgehead atoms. The molecule has 0 saturated carbocycles. The van der Waals surface area contributed by atoms with Crippen molar-refractivity contribution in [2.75, 3.05) is 44.9 Å². The van der Waals surface area contributed by atoms with Gasteiger partial charge in [0.1, 0.15) is 21.8 Å². The van der Waals surface area contributed by atoms with E-state index in [1.807, 2.05) is 11.8 Å². The lowest BCUT2D eigenvalue weighted by molar-refractivity contribution is -0.148. The second kappa shape index (κ2) is 13.2. The van der Waals surface area contributed by atoms with Crippen molar-refractivity contribution in [1.29, 1.82) is 5.26 Å². The number of thiocarbonyl (C=S) groups is 1. The predicted octanol–water partition coefficient (Wildman–Crippen LogP) is 3.46. The van der Waals surface area contributed by atoms with E-state index in [0.29, 0.717) is 84.8 Å². The lowest BCUT2D eigenvalue weighted by atomic mass is 9.96. The zero-order chi connectivity index (χ0) is 27.1. The Kier molecular flexibility index (Phi) is 10.3. The van der Waals surface area contributed by atoms with Crippen LogP contribution in [0.5, 0.6) is 0 Å². The Morgan fingerprint density at radius 3 is 2.70 bits per heavy atom. The summed E-state index contributed by atoms with van der Waals surface area (Å²) < 4.78 is 12.5. The van der Waals surface area contributed by atoms with E-state index in [4.69, 9.17) is 21.7 Å². The first-order chi connectivity index (χ1) is 17.8. The monoisotopic (exact) mass is 546 g/mol. The molecule has 0 radical (unpaired) electrons. The first-order valence-electron chi connectivity index (χ1n) is 12.6. The van der Waals surface area contributed by atoms with Crippen molar-refractivity contribution in [3.05, 3.63) is 31.9 Å². The van der Waals surface area contributed by atoms with E-state index >= 15 is 0 Å². The molecule has 1 unspecified atom stereocenters. The number of rotatable bonds is 10. The number of carbonyl (C=O) groups is 2. The number of carbonyl (C=O) groups excluding carboxylic acids is 2. The third kappa shape index (κ3) is 6.25. The molecular formula is C26H34N4O5S2. The predicted molar refractivity (Wildman–Crippen MR) is 148 cm³/mol. The van der Waals surface area contributed by atoms with Crippen molar-refractivity contribution in [1.82, 2.24) is 9.47 Å². The van der Waals surface area contributed by atoms with Gasteiger partial charge in [-0.25, -0.2) is 0 Å². The summed E-state index contributed by atoms with van der Waals surface area (Å²) in [4.78, 5) is 43.2. The van der Waals surface area contributed by atoms with E-state index in [1.165, 1.54) is 11.8 Å². The largest absolute Gasteiger partial charge is 0.466 e. The van der Waals surface area contributed by atoms with Crippen molar-refractivity contribution in [3.63, 3.8) is 0 Å². The Morgan fingerprint density at radius 1 is 1.30 bits per heavy atom. The van der Waals surface area contributed by atoms with Crippen molar-refractivity contribution in [2.24, 2.45) is 5.92 Å². The zero-order valence-corrected chi connectivity index (χ0v) is 23.5. The number of nitrogens with zero attached hydrogens (tertiary/aromatic N) is 4. The van der Waals surface area contributed by atoms with Gasteiger partial charge < -0.3 is 14.4 Å². The van der Waals surface area contributed by atoms with Crippen LogP contribution in [0, 0.1) is 24.2 Å². The average Bonchev–Trinajstić information content (AvgIpc) is 3.15. The van der Waals surface area contributed by atoms with Crippen LogP contribution < -0.4 is 10.5 Å². The Hall–Kier alpha value is -2.68. The molecule has 37 heavy (non-hydrogen) atoms. The van der Waals surface area contributed by atoms with Gasteiger partial charge in [-0.15, -0.1) is 0 Å². The van der Waals surface area contributed by atoms with E-state index in [1.54, 1.807) is 36.5 Å². The quantitative estimate of drug-likeness (QED) is 0.189. The smallest absolute Gasteiger partial charge is 0.310 e. The van der Waals surface area contributed by atoms with Gasteiger partial charge in [0.15, 0.2) is 0 Å². The summed E-state index contributed by atoms with van der Waals surface area (Å²) >= 11 is 6.69. The van der Waals surface area contributed by atoms with E-state index in [0.717, 1.165) is 6.42 Å². The molecule has 3 heterocycles. The maximum atomic E-state index is 13.4. The molecule has 1 aromatic heterocycles. The fraction of sp³-hybridized carbons (Fsp3) is 0.577. The molecule has 3 rings (SSSR count). The number of anilines is 1. The summed E-state index contributed by atoms with van der Waals surface area (Å²) in [6.07, 6.45) is 4.54. The molecule has 1 atom stereocenters. The Balaban J connectivity index is 2.14. The summed E-state index contributed by atoms with van der Waals surface area (Å²) in [6.45, 7) is 8.20. The number of hydrogen-bond donors (Lipinski definition) is 0. The normalized spacial score (nSPS) is 19.0. The number of esters is 1. The molecule has 200 valence electrons. The standard InChI is InChI=1S/C26H34N4O5S2/c1-5-10-29-22(28-11-7-9-18(16-28)25(33)35-6-2)19(17(3)20(15-27)23(29)31)14-21-24(32)30(26(36)37-21)12-8-13-34-4/h14,18H,5-13,16H2,1-4H3/b21-14-. The summed E-state index contributed by atoms with van der Waals surface area (Å²) in [7, 11) is 1.61. The lowest BCUT2D eigenvalue weighted by Gasteiger charge is -2.36. The molecule has 2 aliphatic rings. The van der Waals surface area contributed by atoms with E-state index in [9.17, 15) is 19.6 Å². The van der Waals surface area contributed by atoms with Crippen LogP contribution in [0.25, 0.3) is 6.08 Å². The first-order valence-corrected chi connectivity index (χ1v) is 13.8. The number of amides is 1. The average molecular weight is 547 g/mol. The van der Waals surface area contributed by atoms with Gasteiger partial charge in [0.2, 0.25) is 0 Å². The maximum Gasteiger partial charge on any atom is 0.310 e. The minimum Gasteiger partial charge on any atom is -0.466 e. The van der Waals surface area contributed by atoms with Crippen molar-refractivity contribution in [2.45, 2.75) is 53.0 Å². The number of ether oxygens (including phenoxy) is 2. The van der Waals surface area contributed by atoms with E-state index < -0.39 is 0 Å². The molecule has 0 N–H and O–H groups in total. The van der Waals surface area contributed by atoms with Gasteiger partial charge in [-0.3, -0.25) is 23.9 Å². The molecule has 1 aromatic rings. The molecule has 2 aliphatic heterocycles. The molecule has 2 saturated heterocycles. The van der Waals surface area contributed by atoms with Gasteiger partial charge in [-0.1, -0.05) is 30.9 Å². The number of aromatic nitrogens is 1. The third-order valence-corrected chi connectivity index (χ3v) is 7.89. The zero-order valence-electron chi connectivity index (χ0n) is 21.9. The Morgan fingerprint density at radius 2 is 2.05 bits per heavy atom. The molecule has 2 fully saturated rings. The molecule has 0 aromatic carbocycles. The van der Waals surface area contributed by atoms with Crippen molar-refractivity contribution >= 4 is 52.1 Å². The summed E-state index contributed by atoms with van der Waals surface area (Å²) in [5, 5.41) is 9.84. The number of thioether (sulfide) groups is 1. The van der Waals surface area contributed by atoms with Crippen LogP contribution in [0.15, 0.2) is 9.70 Å². The minimum atomic E-state index is -0.362. The van der Waals surface area contributed by atoms with Crippen LogP contribution in [0.4, 0.5) is 5.82 Å². The SMILES string of the molecule is CCCn1c(N2CCCC(C(=O)OCC)C2)c(/C=C2\SC(=S)N(CCCOC)C2=O)c(C)c(C#N)c1=O. The van der Waals surface area contributed by atoms with Crippen molar-refractivity contribution < 1.29 is 19.1 Å². The highest BCUT2D eigenvalue weighted by molar-refractivity contribution is 8.26.